The summed E-state index contributed by atoms with van der Waals surface area (Å²) in [7, 11) is -1.90. The van der Waals surface area contributed by atoms with Gasteiger partial charge in [0.1, 0.15) is 4.90 Å². The number of aromatic amines is 1. The number of H-pyrrole nitrogens is 1. The van der Waals surface area contributed by atoms with Crippen molar-refractivity contribution in [1.82, 2.24) is 14.5 Å². The van der Waals surface area contributed by atoms with Gasteiger partial charge in [0.05, 0.1) is 11.9 Å². The first-order valence-electron chi connectivity index (χ1n) is 5.98. The molecule has 0 spiro atoms. The quantitative estimate of drug-likeness (QED) is 0.799. The molecule has 18 heavy (non-hydrogen) atoms. The van der Waals surface area contributed by atoms with Crippen LogP contribution in [0.2, 0.25) is 0 Å². The molecule has 104 valence electrons. The van der Waals surface area contributed by atoms with E-state index in [2.05, 4.69) is 10.2 Å². The first kappa shape index (κ1) is 15.1. The van der Waals surface area contributed by atoms with Crippen LogP contribution in [0.4, 0.5) is 0 Å². The average Bonchev–Trinajstić information content (AvgIpc) is 2.71. The Morgan fingerprint density at radius 3 is 2.56 bits per heavy atom. The number of sulfonamides is 1. The second-order valence-corrected chi connectivity index (χ2v) is 6.90. The SMILES string of the molecule is Cc1[nH]ncc1S(=O)(=O)N(C)CCC(N)C(C)C. The van der Waals surface area contributed by atoms with Gasteiger partial charge in [-0.15, -0.1) is 0 Å². The van der Waals surface area contributed by atoms with Gasteiger partial charge in [-0.05, 0) is 19.3 Å². The molecule has 0 aliphatic heterocycles. The van der Waals surface area contributed by atoms with Crippen LogP contribution in [-0.2, 0) is 10.0 Å². The molecule has 0 amide bonds. The Morgan fingerprint density at radius 1 is 1.50 bits per heavy atom. The van der Waals surface area contributed by atoms with Gasteiger partial charge in [0.2, 0.25) is 10.0 Å². The number of aryl methyl sites for hydroxylation is 1. The molecule has 0 bridgehead atoms. The molecule has 1 aromatic heterocycles. The van der Waals surface area contributed by atoms with Gasteiger partial charge in [-0.1, -0.05) is 13.8 Å². The molecule has 0 aliphatic carbocycles. The van der Waals surface area contributed by atoms with E-state index in [1.54, 1.807) is 14.0 Å². The fraction of sp³-hybridized carbons (Fsp3) is 0.727. The van der Waals surface area contributed by atoms with Gasteiger partial charge in [-0.25, -0.2) is 12.7 Å². The van der Waals surface area contributed by atoms with Crippen molar-refractivity contribution < 1.29 is 8.42 Å². The Hall–Kier alpha value is -0.920. The molecule has 0 radical (unpaired) electrons. The smallest absolute Gasteiger partial charge is 0.246 e. The highest BCUT2D eigenvalue weighted by Crippen LogP contribution is 2.17. The van der Waals surface area contributed by atoms with E-state index in [0.29, 0.717) is 24.6 Å². The van der Waals surface area contributed by atoms with Crippen molar-refractivity contribution in [1.29, 1.82) is 0 Å². The third-order valence-electron chi connectivity index (χ3n) is 3.11. The third-order valence-corrected chi connectivity index (χ3v) is 5.08. The zero-order valence-corrected chi connectivity index (χ0v) is 12.2. The standard InChI is InChI=1S/C11H22N4O2S/c1-8(2)10(12)5-6-15(4)18(16,17)11-7-13-14-9(11)3/h7-8,10H,5-6,12H2,1-4H3,(H,13,14). The van der Waals surface area contributed by atoms with Crippen molar-refractivity contribution in [3.63, 3.8) is 0 Å². The molecular formula is C11H22N4O2S. The van der Waals surface area contributed by atoms with E-state index in [-0.39, 0.29) is 10.9 Å². The first-order chi connectivity index (χ1) is 8.26. The Morgan fingerprint density at radius 2 is 2.11 bits per heavy atom. The number of nitrogens with two attached hydrogens (primary N) is 1. The van der Waals surface area contributed by atoms with Crippen LogP contribution in [0.25, 0.3) is 0 Å². The molecule has 1 atom stereocenters. The summed E-state index contributed by atoms with van der Waals surface area (Å²) in [5, 5.41) is 6.37. The number of rotatable bonds is 6. The van der Waals surface area contributed by atoms with E-state index < -0.39 is 10.0 Å². The lowest BCUT2D eigenvalue weighted by atomic mass is 10.0. The summed E-state index contributed by atoms with van der Waals surface area (Å²) in [6, 6.07) is 0.00750. The normalized spacial score (nSPS) is 14.4. The number of nitrogens with one attached hydrogen (secondary N) is 1. The van der Waals surface area contributed by atoms with E-state index in [9.17, 15) is 8.42 Å². The minimum Gasteiger partial charge on any atom is -0.327 e. The lowest BCUT2D eigenvalue weighted by Crippen LogP contribution is -2.34. The van der Waals surface area contributed by atoms with Gasteiger partial charge in [0.15, 0.2) is 0 Å². The highest BCUT2D eigenvalue weighted by atomic mass is 32.2. The second-order valence-electron chi connectivity index (χ2n) is 4.88. The van der Waals surface area contributed by atoms with Crippen molar-refractivity contribution in [3.05, 3.63) is 11.9 Å². The van der Waals surface area contributed by atoms with E-state index in [4.69, 9.17) is 5.73 Å². The lowest BCUT2D eigenvalue weighted by Gasteiger charge is -2.21. The maximum absolute atomic E-state index is 12.2. The molecule has 0 saturated carbocycles. The minimum absolute atomic E-state index is 0.00750. The van der Waals surface area contributed by atoms with Gasteiger partial charge < -0.3 is 5.73 Å². The number of nitrogens with zero attached hydrogens (tertiary/aromatic N) is 2. The lowest BCUT2D eigenvalue weighted by molar-refractivity contribution is 0.397. The van der Waals surface area contributed by atoms with Crippen LogP contribution in [0.3, 0.4) is 0 Å². The van der Waals surface area contributed by atoms with Crippen molar-refractivity contribution in [2.45, 2.75) is 38.1 Å². The van der Waals surface area contributed by atoms with Crippen LogP contribution in [-0.4, -0.2) is 42.6 Å². The highest BCUT2D eigenvalue weighted by Gasteiger charge is 2.24. The third kappa shape index (κ3) is 3.30. The van der Waals surface area contributed by atoms with Crippen LogP contribution < -0.4 is 5.73 Å². The monoisotopic (exact) mass is 274 g/mol. The molecule has 0 aromatic carbocycles. The molecule has 0 aliphatic rings. The van der Waals surface area contributed by atoms with Crippen LogP contribution >= 0.6 is 0 Å². The first-order valence-corrected chi connectivity index (χ1v) is 7.42. The molecular weight excluding hydrogens is 252 g/mol. The zero-order valence-electron chi connectivity index (χ0n) is 11.3. The van der Waals surface area contributed by atoms with Crippen LogP contribution in [0.1, 0.15) is 26.0 Å². The zero-order chi connectivity index (χ0) is 13.9. The van der Waals surface area contributed by atoms with Gasteiger partial charge in [-0.2, -0.15) is 5.10 Å². The number of hydrogen-bond acceptors (Lipinski definition) is 4. The summed E-state index contributed by atoms with van der Waals surface area (Å²) in [5.74, 6) is 0.344. The fourth-order valence-electron chi connectivity index (χ4n) is 1.55. The summed E-state index contributed by atoms with van der Waals surface area (Å²) < 4.78 is 25.8. The summed E-state index contributed by atoms with van der Waals surface area (Å²) >= 11 is 0. The topological polar surface area (TPSA) is 92.1 Å². The van der Waals surface area contributed by atoms with Gasteiger partial charge in [0, 0.05) is 19.6 Å². The Kier molecular flexibility index (Phi) is 4.89. The highest BCUT2D eigenvalue weighted by molar-refractivity contribution is 7.89. The van der Waals surface area contributed by atoms with Crippen molar-refractivity contribution in [2.75, 3.05) is 13.6 Å². The summed E-state index contributed by atoms with van der Waals surface area (Å²) in [4.78, 5) is 0.225. The molecule has 1 rings (SSSR count). The van der Waals surface area contributed by atoms with Crippen molar-refractivity contribution in [2.24, 2.45) is 11.7 Å². The largest absolute Gasteiger partial charge is 0.327 e. The molecule has 1 heterocycles. The van der Waals surface area contributed by atoms with E-state index in [0.717, 1.165) is 0 Å². The predicted octanol–water partition coefficient (Wildman–Crippen LogP) is 0.712. The Balaban J connectivity index is 2.73. The van der Waals surface area contributed by atoms with Crippen LogP contribution in [0.15, 0.2) is 11.1 Å². The van der Waals surface area contributed by atoms with Crippen LogP contribution in [0.5, 0.6) is 0 Å². The van der Waals surface area contributed by atoms with E-state index in [1.165, 1.54) is 10.5 Å². The molecule has 7 heteroatoms. The summed E-state index contributed by atoms with van der Waals surface area (Å²) in [6.45, 7) is 6.15. The molecule has 6 nitrogen and oxygen atoms in total. The minimum atomic E-state index is -3.46. The predicted molar refractivity (Wildman–Crippen MR) is 70.6 cm³/mol. The summed E-state index contributed by atoms with van der Waals surface area (Å²) in [6.07, 6.45) is 1.98. The number of aromatic nitrogens is 2. The van der Waals surface area contributed by atoms with Gasteiger partial charge >= 0.3 is 0 Å². The summed E-state index contributed by atoms with van der Waals surface area (Å²) in [5.41, 5.74) is 6.47. The van der Waals surface area contributed by atoms with Crippen molar-refractivity contribution >= 4 is 10.0 Å². The molecule has 3 N–H and O–H groups in total. The second kappa shape index (κ2) is 5.81. The van der Waals surface area contributed by atoms with Crippen molar-refractivity contribution in [3.8, 4) is 0 Å². The molecule has 0 fully saturated rings. The number of hydrogen-bond donors (Lipinski definition) is 2. The van der Waals surface area contributed by atoms with E-state index in [1.807, 2.05) is 13.8 Å². The average molecular weight is 274 g/mol. The van der Waals surface area contributed by atoms with Gasteiger partial charge in [-0.3, -0.25) is 5.10 Å². The molecule has 0 saturated heterocycles. The Labute approximate surface area is 109 Å². The fourth-order valence-corrected chi connectivity index (χ4v) is 2.85. The molecule has 1 unspecified atom stereocenters. The Bertz CT molecular complexity index is 481. The van der Waals surface area contributed by atoms with Crippen LogP contribution in [0, 0.1) is 12.8 Å². The maximum Gasteiger partial charge on any atom is 0.246 e. The maximum atomic E-state index is 12.2. The molecule has 1 aromatic rings. The van der Waals surface area contributed by atoms with E-state index >= 15 is 0 Å². The van der Waals surface area contributed by atoms with Gasteiger partial charge in [0.25, 0.3) is 0 Å².